The summed E-state index contributed by atoms with van der Waals surface area (Å²) in [6.07, 6.45) is 2.16. The molecule has 2 heterocycles. The second-order valence-electron chi connectivity index (χ2n) is 8.90. The van der Waals surface area contributed by atoms with Crippen LogP contribution in [0.3, 0.4) is 0 Å². The van der Waals surface area contributed by atoms with E-state index in [-0.39, 0.29) is 37.1 Å². The zero-order chi connectivity index (χ0) is 22.7. The topological polar surface area (TPSA) is 96.5 Å². The molecule has 3 rings (SSSR count). The van der Waals surface area contributed by atoms with Gasteiger partial charge in [-0.15, -0.1) is 24.8 Å². The van der Waals surface area contributed by atoms with Gasteiger partial charge >= 0.3 is 5.97 Å². The van der Waals surface area contributed by atoms with Crippen molar-refractivity contribution in [3.8, 4) is 11.1 Å². The fourth-order valence-electron chi connectivity index (χ4n) is 4.48. The maximum Gasteiger partial charge on any atom is 0.326 e. The smallest absolute Gasteiger partial charge is 0.326 e. The van der Waals surface area contributed by atoms with Gasteiger partial charge in [0, 0.05) is 24.5 Å². The number of carboxylic acids is 1. The lowest BCUT2D eigenvalue weighted by molar-refractivity contribution is -0.148. The van der Waals surface area contributed by atoms with E-state index in [1.54, 1.807) is 0 Å². The second-order valence-corrected chi connectivity index (χ2v) is 8.90. The first-order valence-electron chi connectivity index (χ1n) is 11.0. The number of nitrogens with two attached hydrogens (primary N) is 1. The van der Waals surface area contributed by atoms with E-state index >= 15 is 0 Å². The summed E-state index contributed by atoms with van der Waals surface area (Å²) in [6, 6.07) is 7.50. The van der Waals surface area contributed by atoms with E-state index in [9.17, 15) is 14.7 Å². The maximum absolute atomic E-state index is 13.2. The minimum Gasteiger partial charge on any atom is -0.480 e. The molecule has 0 aliphatic carbocycles. The van der Waals surface area contributed by atoms with Crippen molar-refractivity contribution in [3.05, 3.63) is 52.3 Å². The van der Waals surface area contributed by atoms with Crippen LogP contribution in [0.15, 0.2) is 24.3 Å². The minimum absolute atomic E-state index is 0. The summed E-state index contributed by atoms with van der Waals surface area (Å²) in [6.45, 7) is 9.10. The highest BCUT2D eigenvalue weighted by atomic mass is 35.5. The molecular weight excluding hydrogens is 461 g/mol. The predicted octanol–water partition coefficient (Wildman–Crippen LogP) is 4.48. The van der Waals surface area contributed by atoms with Crippen LogP contribution in [0.1, 0.15) is 54.8 Å². The van der Waals surface area contributed by atoms with E-state index in [1.165, 1.54) is 4.90 Å². The van der Waals surface area contributed by atoms with Crippen molar-refractivity contribution in [2.45, 2.75) is 66.0 Å². The van der Waals surface area contributed by atoms with Gasteiger partial charge in [-0.3, -0.25) is 9.78 Å². The molecule has 1 saturated heterocycles. The van der Waals surface area contributed by atoms with Crippen LogP contribution in [-0.2, 0) is 29.0 Å². The normalized spacial score (nSPS) is 15.2. The Kier molecular flexibility index (Phi) is 10.8. The van der Waals surface area contributed by atoms with Crippen molar-refractivity contribution in [1.29, 1.82) is 0 Å². The zero-order valence-corrected chi connectivity index (χ0v) is 21.4. The molecule has 0 radical (unpaired) electrons. The molecule has 3 N–H and O–H groups in total. The number of aromatic nitrogens is 1. The van der Waals surface area contributed by atoms with Crippen molar-refractivity contribution in [1.82, 2.24) is 9.88 Å². The molecule has 33 heavy (non-hydrogen) atoms. The Labute approximate surface area is 208 Å². The number of hydrogen-bond acceptors (Lipinski definition) is 4. The van der Waals surface area contributed by atoms with Crippen LogP contribution in [-0.4, -0.2) is 39.5 Å². The Hall–Kier alpha value is -2.15. The third-order valence-electron chi connectivity index (χ3n) is 6.02. The molecule has 1 aliphatic rings. The largest absolute Gasteiger partial charge is 0.480 e. The van der Waals surface area contributed by atoms with E-state index in [0.717, 1.165) is 45.6 Å². The van der Waals surface area contributed by atoms with Crippen LogP contribution in [0.2, 0.25) is 0 Å². The van der Waals surface area contributed by atoms with Gasteiger partial charge in [0.15, 0.2) is 0 Å². The molecule has 182 valence electrons. The number of rotatable bonds is 7. The van der Waals surface area contributed by atoms with Crippen LogP contribution in [0, 0.1) is 19.8 Å². The number of carboxylic acid groups (broad SMARTS) is 1. The van der Waals surface area contributed by atoms with Gasteiger partial charge in [-0.2, -0.15) is 0 Å². The van der Waals surface area contributed by atoms with E-state index in [0.29, 0.717) is 31.8 Å². The van der Waals surface area contributed by atoms with Crippen LogP contribution in [0.4, 0.5) is 0 Å². The Bertz CT molecular complexity index is 978. The molecule has 0 bridgehead atoms. The average Bonchev–Trinajstić information content (AvgIpc) is 3.20. The summed E-state index contributed by atoms with van der Waals surface area (Å²) >= 11 is 0. The number of nitrogens with zero attached hydrogens (tertiary/aromatic N) is 2. The number of amides is 1. The summed E-state index contributed by atoms with van der Waals surface area (Å²) in [5, 5.41) is 9.49. The zero-order valence-electron chi connectivity index (χ0n) is 19.8. The molecule has 2 aromatic rings. The lowest BCUT2D eigenvalue weighted by Gasteiger charge is -2.25. The molecule has 0 unspecified atom stereocenters. The molecule has 1 amide bonds. The number of carbonyl (C=O) groups is 2. The first-order valence-corrected chi connectivity index (χ1v) is 11.0. The molecule has 1 aliphatic heterocycles. The summed E-state index contributed by atoms with van der Waals surface area (Å²) in [5.41, 5.74) is 13.0. The van der Waals surface area contributed by atoms with Crippen molar-refractivity contribution in [2.75, 3.05) is 6.54 Å². The van der Waals surface area contributed by atoms with Crippen LogP contribution < -0.4 is 5.73 Å². The minimum atomic E-state index is -0.936. The van der Waals surface area contributed by atoms with Gasteiger partial charge in [0.1, 0.15) is 6.04 Å². The fraction of sp³-hybridized carbons (Fsp3) is 0.480. The number of carbonyl (C=O) groups excluding carboxylic acids is 1. The first-order chi connectivity index (χ1) is 14.7. The highest BCUT2D eigenvalue weighted by molar-refractivity contribution is 5.88. The molecule has 6 nitrogen and oxygen atoms in total. The van der Waals surface area contributed by atoms with Crippen LogP contribution in [0.25, 0.3) is 11.1 Å². The van der Waals surface area contributed by atoms with Gasteiger partial charge < -0.3 is 15.7 Å². The van der Waals surface area contributed by atoms with E-state index in [4.69, 9.17) is 10.7 Å². The summed E-state index contributed by atoms with van der Waals surface area (Å²) < 4.78 is 0. The number of aryl methyl sites for hydroxylation is 2. The third-order valence-corrected chi connectivity index (χ3v) is 6.02. The first kappa shape index (κ1) is 28.9. The monoisotopic (exact) mass is 495 g/mol. The van der Waals surface area contributed by atoms with Gasteiger partial charge in [-0.1, -0.05) is 43.7 Å². The summed E-state index contributed by atoms with van der Waals surface area (Å²) in [7, 11) is 0. The lowest BCUT2D eigenvalue weighted by Crippen LogP contribution is -2.41. The van der Waals surface area contributed by atoms with Crippen molar-refractivity contribution >= 4 is 36.7 Å². The number of pyridine rings is 1. The van der Waals surface area contributed by atoms with Crippen molar-refractivity contribution in [3.63, 3.8) is 0 Å². The highest BCUT2D eigenvalue weighted by Crippen LogP contribution is 2.33. The standard InChI is InChI=1S/C25H33N3O3.2ClH/c1-15(2)12-21-20(14-26)24(18-9-7-16(3)8-10-18)19(17(4)27-21)13-23(29)28-11-5-6-22(28)25(30)31;;/h7-10,15,22H,5-6,11-14,26H2,1-4H3,(H,30,31);2*1H/t22-;;/m0../s1. The van der Waals surface area contributed by atoms with Gasteiger partial charge in [-0.05, 0) is 61.3 Å². The maximum atomic E-state index is 13.2. The lowest BCUT2D eigenvalue weighted by atomic mass is 9.88. The predicted molar refractivity (Wildman–Crippen MR) is 136 cm³/mol. The molecule has 8 heteroatoms. The van der Waals surface area contributed by atoms with Gasteiger partial charge in [0.2, 0.25) is 5.91 Å². The third kappa shape index (κ3) is 6.46. The van der Waals surface area contributed by atoms with Crippen LogP contribution in [0.5, 0.6) is 0 Å². The number of aliphatic carboxylic acids is 1. The van der Waals surface area contributed by atoms with E-state index in [1.807, 2.05) is 13.8 Å². The average molecular weight is 496 g/mol. The number of hydrogen-bond donors (Lipinski definition) is 2. The molecular formula is C25H35Cl2N3O3. The molecule has 1 aromatic carbocycles. The summed E-state index contributed by atoms with van der Waals surface area (Å²) in [4.78, 5) is 31.1. The SMILES string of the molecule is Cc1ccc(-c2c(CC(=O)N3CCC[C@H]3C(=O)O)c(C)nc(CC(C)C)c2CN)cc1.Cl.Cl. The van der Waals surface area contributed by atoms with Crippen molar-refractivity contribution in [2.24, 2.45) is 11.7 Å². The Morgan fingerprint density at radius 1 is 1.15 bits per heavy atom. The van der Waals surface area contributed by atoms with Gasteiger partial charge in [0.25, 0.3) is 0 Å². The van der Waals surface area contributed by atoms with Gasteiger partial charge in [0.05, 0.1) is 6.42 Å². The number of likely N-dealkylation sites (tertiary alicyclic amines) is 1. The fourth-order valence-corrected chi connectivity index (χ4v) is 4.48. The van der Waals surface area contributed by atoms with E-state index < -0.39 is 12.0 Å². The Morgan fingerprint density at radius 2 is 1.79 bits per heavy atom. The molecule has 0 spiro atoms. The van der Waals surface area contributed by atoms with E-state index in [2.05, 4.69) is 38.1 Å². The molecule has 0 saturated carbocycles. The highest BCUT2D eigenvalue weighted by Gasteiger charge is 2.34. The second kappa shape index (κ2) is 12.4. The Morgan fingerprint density at radius 3 is 2.33 bits per heavy atom. The van der Waals surface area contributed by atoms with Crippen molar-refractivity contribution < 1.29 is 14.7 Å². The molecule has 1 atom stereocenters. The molecule has 1 fully saturated rings. The Balaban J connectivity index is 0.00000272. The van der Waals surface area contributed by atoms with Crippen LogP contribution >= 0.6 is 24.8 Å². The van der Waals surface area contributed by atoms with Gasteiger partial charge in [-0.25, -0.2) is 4.79 Å². The quantitative estimate of drug-likeness (QED) is 0.589. The number of benzene rings is 1. The molecule has 1 aromatic heterocycles. The summed E-state index contributed by atoms with van der Waals surface area (Å²) in [5.74, 6) is -0.673. The number of halogens is 2.